The fourth-order valence-corrected chi connectivity index (χ4v) is 2.16. The second-order valence-electron chi connectivity index (χ2n) is 3.14. The van der Waals surface area contributed by atoms with Gasteiger partial charge in [-0.3, -0.25) is 0 Å². The van der Waals surface area contributed by atoms with E-state index in [9.17, 15) is 0 Å². The molecule has 0 aliphatic heterocycles. The number of amidine groups is 1. The quantitative estimate of drug-likeness (QED) is 0.574. The molecule has 3 nitrogen and oxygen atoms in total. The number of fused-ring (bicyclic) bond motifs is 1. The third-order valence-electron chi connectivity index (χ3n) is 1.78. The van der Waals surface area contributed by atoms with Gasteiger partial charge in [0.25, 0.3) is 0 Å². The Morgan fingerprint density at radius 3 is 3.00 bits per heavy atom. The molecule has 0 spiro atoms. The molecule has 2 rings (SSSR count). The molecule has 1 heterocycles. The Balaban J connectivity index is 2.56. The van der Waals surface area contributed by atoms with Gasteiger partial charge < -0.3 is 5.73 Å². The average Bonchev–Trinajstić information content (AvgIpc) is 2.42. The van der Waals surface area contributed by atoms with E-state index in [0.29, 0.717) is 5.84 Å². The molecule has 1 aromatic carbocycles. The molecular formula is C10H11N3S. The third-order valence-corrected chi connectivity index (χ3v) is 2.72. The predicted molar refractivity (Wildman–Crippen MR) is 61.3 cm³/mol. The molecule has 0 amide bonds. The first-order valence-corrected chi connectivity index (χ1v) is 5.15. The molecule has 72 valence electrons. The van der Waals surface area contributed by atoms with E-state index in [1.165, 1.54) is 0 Å². The summed E-state index contributed by atoms with van der Waals surface area (Å²) in [4.78, 5) is 8.56. The van der Waals surface area contributed by atoms with Crippen LogP contribution in [0.3, 0.4) is 0 Å². The van der Waals surface area contributed by atoms with E-state index in [-0.39, 0.29) is 0 Å². The van der Waals surface area contributed by atoms with E-state index < -0.39 is 0 Å². The number of rotatable bonds is 1. The minimum Gasteiger partial charge on any atom is -0.387 e. The standard InChI is InChI=1S/C10H11N3S/c1-6(11)12-8-3-4-9-10(5-8)14-7(2)13-9/h3-5H,1-2H3,(H2,11,12). The summed E-state index contributed by atoms with van der Waals surface area (Å²) >= 11 is 1.67. The van der Waals surface area contributed by atoms with Crippen molar-refractivity contribution in [2.45, 2.75) is 13.8 Å². The zero-order valence-electron chi connectivity index (χ0n) is 8.11. The van der Waals surface area contributed by atoms with Crippen LogP contribution >= 0.6 is 11.3 Å². The molecule has 2 aromatic rings. The number of nitrogens with two attached hydrogens (primary N) is 1. The van der Waals surface area contributed by atoms with Gasteiger partial charge in [0.05, 0.1) is 26.7 Å². The van der Waals surface area contributed by atoms with Crippen LogP contribution in [0.2, 0.25) is 0 Å². The van der Waals surface area contributed by atoms with E-state index in [2.05, 4.69) is 9.98 Å². The highest BCUT2D eigenvalue weighted by molar-refractivity contribution is 7.18. The fourth-order valence-electron chi connectivity index (χ4n) is 1.30. The fraction of sp³-hybridized carbons (Fsp3) is 0.200. The molecule has 0 unspecified atom stereocenters. The van der Waals surface area contributed by atoms with Gasteiger partial charge >= 0.3 is 0 Å². The first kappa shape index (κ1) is 9.15. The number of aliphatic imine (C=N–C) groups is 1. The summed E-state index contributed by atoms with van der Waals surface area (Å²) in [5, 5.41) is 1.07. The van der Waals surface area contributed by atoms with Crippen molar-refractivity contribution >= 4 is 33.1 Å². The van der Waals surface area contributed by atoms with E-state index >= 15 is 0 Å². The maximum Gasteiger partial charge on any atom is 0.0964 e. The Labute approximate surface area is 86.3 Å². The minimum atomic E-state index is 0.575. The predicted octanol–water partition coefficient (Wildman–Crippen LogP) is 2.61. The van der Waals surface area contributed by atoms with E-state index in [4.69, 9.17) is 5.73 Å². The van der Waals surface area contributed by atoms with Gasteiger partial charge in [-0.25, -0.2) is 9.98 Å². The van der Waals surface area contributed by atoms with Crippen molar-refractivity contribution in [3.8, 4) is 0 Å². The summed E-state index contributed by atoms with van der Waals surface area (Å²) in [6.07, 6.45) is 0. The minimum absolute atomic E-state index is 0.575. The van der Waals surface area contributed by atoms with Gasteiger partial charge in [-0.05, 0) is 32.0 Å². The average molecular weight is 205 g/mol. The lowest BCUT2D eigenvalue weighted by molar-refractivity contribution is 1.34. The Morgan fingerprint density at radius 2 is 2.29 bits per heavy atom. The van der Waals surface area contributed by atoms with E-state index in [1.54, 1.807) is 18.3 Å². The van der Waals surface area contributed by atoms with E-state index in [0.717, 1.165) is 20.9 Å². The molecule has 2 N–H and O–H groups in total. The molecule has 1 aromatic heterocycles. The van der Waals surface area contributed by atoms with Crippen molar-refractivity contribution in [2.24, 2.45) is 10.7 Å². The first-order chi connectivity index (χ1) is 6.65. The lowest BCUT2D eigenvalue weighted by Crippen LogP contribution is -2.03. The molecule has 0 saturated heterocycles. The molecule has 0 saturated carbocycles. The molecule has 0 atom stereocenters. The Bertz CT molecular complexity index is 495. The van der Waals surface area contributed by atoms with Crippen molar-refractivity contribution in [1.82, 2.24) is 4.98 Å². The van der Waals surface area contributed by atoms with Crippen LogP contribution in [-0.2, 0) is 0 Å². The van der Waals surface area contributed by atoms with Crippen LogP contribution < -0.4 is 5.73 Å². The van der Waals surface area contributed by atoms with Gasteiger partial charge in [0.2, 0.25) is 0 Å². The number of hydrogen-bond acceptors (Lipinski definition) is 3. The lowest BCUT2D eigenvalue weighted by atomic mass is 10.3. The zero-order valence-corrected chi connectivity index (χ0v) is 8.93. The molecule has 4 heteroatoms. The zero-order chi connectivity index (χ0) is 10.1. The maximum absolute atomic E-state index is 5.51. The van der Waals surface area contributed by atoms with Crippen molar-refractivity contribution in [1.29, 1.82) is 0 Å². The molecular weight excluding hydrogens is 194 g/mol. The Hall–Kier alpha value is -1.42. The first-order valence-electron chi connectivity index (χ1n) is 4.33. The van der Waals surface area contributed by atoms with Gasteiger partial charge in [-0.1, -0.05) is 0 Å². The molecule has 0 aliphatic rings. The van der Waals surface area contributed by atoms with Crippen LogP contribution in [0.5, 0.6) is 0 Å². The van der Waals surface area contributed by atoms with Gasteiger partial charge in [0.15, 0.2) is 0 Å². The normalized spacial score (nSPS) is 12.3. The second-order valence-corrected chi connectivity index (χ2v) is 4.37. The highest BCUT2D eigenvalue weighted by Crippen LogP contribution is 2.25. The maximum atomic E-state index is 5.51. The summed E-state index contributed by atoms with van der Waals surface area (Å²) in [5.74, 6) is 0.575. The van der Waals surface area contributed by atoms with Gasteiger partial charge in [-0.2, -0.15) is 0 Å². The summed E-state index contributed by atoms with van der Waals surface area (Å²) in [7, 11) is 0. The van der Waals surface area contributed by atoms with Crippen molar-refractivity contribution in [2.75, 3.05) is 0 Å². The summed E-state index contributed by atoms with van der Waals surface area (Å²) in [6.45, 7) is 3.78. The topological polar surface area (TPSA) is 51.3 Å². The Morgan fingerprint density at radius 1 is 1.50 bits per heavy atom. The Kier molecular flexibility index (Phi) is 2.21. The van der Waals surface area contributed by atoms with Crippen LogP contribution in [0.25, 0.3) is 10.2 Å². The molecule has 0 fully saturated rings. The molecule has 0 aliphatic carbocycles. The summed E-state index contributed by atoms with van der Waals surface area (Å²) in [6, 6.07) is 5.91. The van der Waals surface area contributed by atoms with Crippen LogP contribution in [0.1, 0.15) is 11.9 Å². The van der Waals surface area contributed by atoms with Crippen LogP contribution in [0.4, 0.5) is 5.69 Å². The van der Waals surface area contributed by atoms with Crippen LogP contribution in [0, 0.1) is 6.92 Å². The van der Waals surface area contributed by atoms with E-state index in [1.807, 2.05) is 25.1 Å². The van der Waals surface area contributed by atoms with Gasteiger partial charge in [0, 0.05) is 0 Å². The molecule has 14 heavy (non-hydrogen) atoms. The molecule has 0 bridgehead atoms. The van der Waals surface area contributed by atoms with Gasteiger partial charge in [-0.15, -0.1) is 11.3 Å². The number of benzene rings is 1. The monoisotopic (exact) mass is 205 g/mol. The van der Waals surface area contributed by atoms with Gasteiger partial charge in [0.1, 0.15) is 0 Å². The number of aromatic nitrogens is 1. The van der Waals surface area contributed by atoms with Crippen molar-refractivity contribution < 1.29 is 0 Å². The lowest BCUT2D eigenvalue weighted by Gasteiger charge is -1.94. The second kappa shape index (κ2) is 3.38. The smallest absolute Gasteiger partial charge is 0.0964 e. The highest BCUT2D eigenvalue weighted by Gasteiger charge is 2.00. The number of hydrogen-bond donors (Lipinski definition) is 1. The third kappa shape index (κ3) is 1.75. The number of nitrogens with zero attached hydrogens (tertiary/aromatic N) is 2. The van der Waals surface area contributed by atoms with Crippen LogP contribution in [0.15, 0.2) is 23.2 Å². The number of aryl methyl sites for hydroxylation is 1. The SMILES string of the molecule is CC(N)=Nc1ccc2nc(C)sc2c1. The highest BCUT2D eigenvalue weighted by atomic mass is 32.1. The largest absolute Gasteiger partial charge is 0.387 e. The summed E-state index contributed by atoms with van der Waals surface area (Å²) < 4.78 is 1.16. The van der Waals surface area contributed by atoms with Crippen LogP contribution in [-0.4, -0.2) is 10.8 Å². The van der Waals surface area contributed by atoms with Crippen molar-refractivity contribution in [3.05, 3.63) is 23.2 Å². The summed E-state index contributed by atoms with van der Waals surface area (Å²) in [5.41, 5.74) is 7.43. The molecule has 0 radical (unpaired) electrons. The van der Waals surface area contributed by atoms with Crippen molar-refractivity contribution in [3.63, 3.8) is 0 Å². The number of thiazole rings is 1.